The van der Waals surface area contributed by atoms with Gasteiger partial charge in [-0.3, -0.25) is 9.59 Å². The maximum atomic E-state index is 12.8. The third-order valence-electron chi connectivity index (χ3n) is 11.0. The number of carbonyl (C=O) groups is 3. The Morgan fingerprint density at radius 2 is 0.862 bits per heavy atom. The predicted octanol–water partition coefficient (Wildman–Crippen LogP) is 15.0. The lowest BCUT2D eigenvalue weighted by Gasteiger charge is -2.31. The van der Waals surface area contributed by atoms with E-state index in [1.807, 2.05) is 21.1 Å². The predicted molar refractivity (Wildman–Crippen MR) is 275 cm³/mol. The largest absolute Gasteiger partial charge is 0.477 e. The van der Waals surface area contributed by atoms with Crippen LogP contribution in [0.1, 0.15) is 194 Å². The van der Waals surface area contributed by atoms with Gasteiger partial charge in [0.05, 0.1) is 34.4 Å². The molecule has 0 fully saturated rings. The van der Waals surface area contributed by atoms with Crippen molar-refractivity contribution in [3.8, 4) is 0 Å². The van der Waals surface area contributed by atoms with E-state index >= 15 is 0 Å². The summed E-state index contributed by atoms with van der Waals surface area (Å²) in [6.07, 6.45) is 63.1. The van der Waals surface area contributed by atoms with Gasteiger partial charge in [-0.05, 0) is 96.3 Å². The molecule has 1 N–H and O–H groups in total. The summed E-state index contributed by atoms with van der Waals surface area (Å²) in [7, 11) is 5.51. The van der Waals surface area contributed by atoms with Gasteiger partial charge in [-0.15, -0.1) is 0 Å². The van der Waals surface area contributed by atoms with E-state index in [4.69, 9.17) is 14.2 Å². The van der Waals surface area contributed by atoms with Gasteiger partial charge in [0.15, 0.2) is 12.1 Å². The van der Waals surface area contributed by atoms with Crippen LogP contribution in [0.3, 0.4) is 0 Å². The highest BCUT2D eigenvalue weighted by molar-refractivity contribution is 5.72. The molecule has 0 radical (unpaired) electrons. The van der Waals surface area contributed by atoms with Crippen molar-refractivity contribution in [1.82, 2.24) is 0 Å². The van der Waals surface area contributed by atoms with Crippen molar-refractivity contribution < 1.29 is 38.2 Å². The number of rotatable bonds is 45. The van der Waals surface area contributed by atoms with Crippen LogP contribution in [-0.2, 0) is 28.6 Å². The van der Waals surface area contributed by atoms with Crippen molar-refractivity contribution in [2.45, 2.75) is 206 Å². The van der Waals surface area contributed by atoms with E-state index in [1.165, 1.54) is 77.0 Å². The van der Waals surface area contributed by atoms with Crippen molar-refractivity contribution >= 4 is 17.9 Å². The molecule has 0 aromatic carbocycles. The van der Waals surface area contributed by atoms with Gasteiger partial charge in [-0.2, -0.15) is 0 Å². The molecular weight excluding hydrogens is 811 g/mol. The first-order valence-corrected chi connectivity index (χ1v) is 25.8. The fourth-order valence-corrected chi connectivity index (χ4v) is 7.01. The van der Waals surface area contributed by atoms with Crippen molar-refractivity contribution in [3.05, 3.63) is 97.2 Å². The number of esters is 2. The summed E-state index contributed by atoms with van der Waals surface area (Å²) >= 11 is 0. The molecule has 8 heteroatoms. The Hall–Kier alpha value is -3.75. The number of quaternary nitrogens is 1. The fraction of sp³-hybridized carbons (Fsp3) is 0.667. The molecule has 0 bridgehead atoms. The minimum Gasteiger partial charge on any atom is -0.477 e. The van der Waals surface area contributed by atoms with Crippen LogP contribution < -0.4 is 0 Å². The first-order valence-electron chi connectivity index (χ1n) is 25.8. The van der Waals surface area contributed by atoms with Gasteiger partial charge in [0.25, 0.3) is 0 Å². The van der Waals surface area contributed by atoms with Gasteiger partial charge in [0, 0.05) is 19.3 Å². The molecule has 0 amide bonds. The van der Waals surface area contributed by atoms with Gasteiger partial charge in [-0.25, -0.2) is 4.79 Å². The third kappa shape index (κ3) is 45.2. The zero-order valence-corrected chi connectivity index (χ0v) is 42.2. The average Bonchev–Trinajstić information content (AvgIpc) is 3.27. The first-order chi connectivity index (χ1) is 31.6. The number of allylic oxidation sites excluding steroid dienone is 16. The number of likely N-dealkylation sites (N-methyl/N-ethyl adjacent to an activating group) is 1. The number of aliphatic carboxylic acids is 1. The zero-order valence-electron chi connectivity index (χ0n) is 42.2. The van der Waals surface area contributed by atoms with E-state index in [-0.39, 0.29) is 36.2 Å². The minimum atomic E-state index is -0.885. The molecule has 0 aromatic heterocycles. The molecule has 8 nitrogen and oxygen atoms in total. The summed E-state index contributed by atoms with van der Waals surface area (Å²) in [4.78, 5) is 37.2. The van der Waals surface area contributed by atoms with Crippen LogP contribution in [0, 0.1) is 0 Å². The van der Waals surface area contributed by atoms with Gasteiger partial charge >= 0.3 is 17.9 Å². The monoisotopic (exact) mass is 907 g/mol. The van der Waals surface area contributed by atoms with Crippen LogP contribution in [-0.4, -0.2) is 80.6 Å². The Morgan fingerprint density at radius 1 is 0.477 bits per heavy atom. The molecule has 0 saturated heterocycles. The number of carboxylic acid groups (broad SMARTS) is 1. The summed E-state index contributed by atoms with van der Waals surface area (Å²) < 4.78 is 17.3. The number of hydrogen-bond acceptors (Lipinski definition) is 6. The van der Waals surface area contributed by atoms with Gasteiger partial charge < -0.3 is 23.8 Å². The Balaban J connectivity index is 4.35. The number of unbranched alkanes of at least 4 members (excludes halogenated alkanes) is 15. The maximum absolute atomic E-state index is 12.8. The van der Waals surface area contributed by atoms with E-state index in [0.29, 0.717) is 25.7 Å². The van der Waals surface area contributed by atoms with E-state index in [2.05, 4.69) is 111 Å². The van der Waals surface area contributed by atoms with E-state index in [9.17, 15) is 19.5 Å². The Bertz CT molecular complexity index is 1380. The number of ether oxygens (including phenoxy) is 3. The highest BCUT2D eigenvalue weighted by Gasteiger charge is 2.31. The van der Waals surface area contributed by atoms with E-state index in [1.54, 1.807) is 0 Å². The standard InChI is InChI=1S/C57H95NO7/c1-6-8-10-12-14-16-18-20-22-24-26-28-30-31-33-35-37-39-41-43-45-47-55(59)64-52-53(51-63-50-49-54(57(61)62)58(3,4)5)65-56(60)48-46-44-42-40-38-36-34-32-29-27-25-23-21-19-17-15-13-11-9-7-2/h9,11,14-17,20-23,26,28,31,33,37,39,53-54H,6-8,10,12-13,18-19,24-25,27,29-30,32,34-36,38,40-52H2,1-5H3/p+1/b11-9+,16-14+,17-15+,22-20+,23-21+,28-26+,33-31+,39-37+. The quantitative estimate of drug-likeness (QED) is 0.0281. The average molecular weight is 907 g/mol. The van der Waals surface area contributed by atoms with Crippen LogP contribution in [0.4, 0.5) is 0 Å². The second-order valence-corrected chi connectivity index (χ2v) is 18.0. The Labute approximate surface area is 398 Å². The van der Waals surface area contributed by atoms with Crippen molar-refractivity contribution in [2.75, 3.05) is 41.0 Å². The van der Waals surface area contributed by atoms with Crippen molar-refractivity contribution in [2.24, 2.45) is 0 Å². The highest BCUT2D eigenvalue weighted by Crippen LogP contribution is 2.14. The summed E-state index contributed by atoms with van der Waals surface area (Å²) in [5.41, 5.74) is 0. The molecular formula is C57H96NO7+. The van der Waals surface area contributed by atoms with Gasteiger partial charge in [0.1, 0.15) is 6.61 Å². The number of carbonyl (C=O) groups excluding carboxylic acids is 2. The van der Waals surface area contributed by atoms with Gasteiger partial charge in [-0.1, -0.05) is 175 Å². The lowest BCUT2D eigenvalue weighted by Crippen LogP contribution is -2.50. The summed E-state index contributed by atoms with van der Waals surface area (Å²) in [6.45, 7) is 4.55. The van der Waals surface area contributed by atoms with Crippen LogP contribution in [0.2, 0.25) is 0 Å². The van der Waals surface area contributed by atoms with Crippen molar-refractivity contribution in [1.29, 1.82) is 0 Å². The summed E-state index contributed by atoms with van der Waals surface area (Å²) in [6, 6.07) is -0.628. The Morgan fingerprint density at radius 3 is 1.31 bits per heavy atom. The minimum absolute atomic E-state index is 0.0401. The highest BCUT2D eigenvalue weighted by atomic mass is 16.6. The lowest BCUT2D eigenvalue weighted by atomic mass is 10.0. The van der Waals surface area contributed by atoms with Crippen molar-refractivity contribution in [3.63, 3.8) is 0 Å². The number of hydrogen-bond donors (Lipinski definition) is 1. The molecule has 65 heavy (non-hydrogen) atoms. The smallest absolute Gasteiger partial charge is 0.362 e. The zero-order chi connectivity index (χ0) is 47.7. The summed E-state index contributed by atoms with van der Waals surface area (Å²) in [5.74, 6) is -1.53. The maximum Gasteiger partial charge on any atom is 0.362 e. The number of nitrogens with zero attached hydrogens (tertiary/aromatic N) is 1. The SMILES string of the molecule is CC/C=C/C/C=C/C/C=C/CCCCCCCCCCCCC(=O)OC(COCCC(C(=O)O)[N+](C)(C)C)COC(=O)CCCC/C=C/C/C=C/C/C=C/C/C=C/C/C=C/CCCCC. The number of carboxylic acids is 1. The first kappa shape index (κ1) is 61.2. The third-order valence-corrected chi connectivity index (χ3v) is 11.0. The Kier molecular flexibility index (Phi) is 44.1. The molecule has 0 aromatic rings. The van der Waals surface area contributed by atoms with Crippen LogP contribution in [0.5, 0.6) is 0 Å². The molecule has 0 aliphatic carbocycles. The second kappa shape index (κ2) is 46.8. The molecule has 0 saturated carbocycles. The van der Waals surface area contributed by atoms with Crippen LogP contribution in [0.25, 0.3) is 0 Å². The van der Waals surface area contributed by atoms with E-state index in [0.717, 1.165) is 77.0 Å². The molecule has 0 spiro atoms. The van der Waals surface area contributed by atoms with Crippen LogP contribution in [0.15, 0.2) is 97.2 Å². The normalized spacial score (nSPS) is 13.7. The second-order valence-electron chi connectivity index (χ2n) is 18.0. The fourth-order valence-electron chi connectivity index (χ4n) is 7.01. The summed E-state index contributed by atoms with van der Waals surface area (Å²) in [5, 5.41) is 9.66. The van der Waals surface area contributed by atoms with Crippen LogP contribution >= 0.6 is 0 Å². The topological polar surface area (TPSA) is 99.1 Å². The molecule has 2 unspecified atom stereocenters. The lowest BCUT2D eigenvalue weighted by molar-refractivity contribution is -0.887. The molecule has 0 rings (SSSR count). The molecule has 2 atom stereocenters. The van der Waals surface area contributed by atoms with Gasteiger partial charge in [0.2, 0.25) is 0 Å². The molecule has 0 aliphatic rings. The molecule has 370 valence electrons. The van der Waals surface area contributed by atoms with E-state index < -0.39 is 18.1 Å². The molecule has 0 aliphatic heterocycles. The molecule has 0 heterocycles.